The summed E-state index contributed by atoms with van der Waals surface area (Å²) in [5.41, 5.74) is 1.26. The van der Waals surface area contributed by atoms with E-state index in [0.717, 1.165) is 5.56 Å². The van der Waals surface area contributed by atoms with Gasteiger partial charge in [-0.25, -0.2) is 4.79 Å². The van der Waals surface area contributed by atoms with Crippen LogP contribution >= 0.6 is 0 Å². The number of hydrogen-bond acceptors (Lipinski definition) is 5. The fourth-order valence-electron chi connectivity index (χ4n) is 2.80. The molecule has 124 valence electrons. The zero-order valence-electron chi connectivity index (χ0n) is 13.7. The molecule has 0 saturated carbocycles. The van der Waals surface area contributed by atoms with Crippen LogP contribution in [0.15, 0.2) is 41.7 Å². The lowest BCUT2D eigenvalue weighted by atomic mass is 9.78. The van der Waals surface area contributed by atoms with E-state index in [0.29, 0.717) is 11.3 Å². The first-order valence-electron chi connectivity index (χ1n) is 7.82. The monoisotopic (exact) mass is 318 g/mol. The van der Waals surface area contributed by atoms with Gasteiger partial charge in [-0.15, -0.1) is 0 Å². The highest BCUT2D eigenvalue weighted by Crippen LogP contribution is 2.39. The summed E-state index contributed by atoms with van der Waals surface area (Å²) in [4.78, 5) is 24.7. The molecule has 5 heteroatoms. The Labute approximate surface area is 136 Å². The molecular weight excluding hydrogens is 296 g/mol. The van der Waals surface area contributed by atoms with E-state index in [4.69, 9.17) is 14.2 Å². The molecule has 1 heterocycles. The minimum Gasteiger partial charge on any atom is -0.497 e. The van der Waals surface area contributed by atoms with Crippen LogP contribution in [0.25, 0.3) is 0 Å². The summed E-state index contributed by atoms with van der Waals surface area (Å²) in [6, 6.07) is 9.45. The van der Waals surface area contributed by atoms with Crippen LogP contribution in [0, 0.1) is 5.92 Å². The molecule has 5 nitrogen and oxygen atoms in total. The minimum absolute atomic E-state index is 0.188. The lowest BCUT2D eigenvalue weighted by Crippen LogP contribution is -2.36. The van der Waals surface area contributed by atoms with E-state index in [-0.39, 0.29) is 25.8 Å². The Balaban J connectivity index is 2.47. The maximum absolute atomic E-state index is 12.4. The maximum Gasteiger partial charge on any atom is 0.338 e. The highest BCUT2D eigenvalue weighted by molar-refractivity contribution is 5.92. The number of rotatable bonds is 5. The molecule has 0 bridgehead atoms. The van der Waals surface area contributed by atoms with Crippen molar-refractivity contribution in [1.82, 2.24) is 0 Å². The fraction of sp³-hybridized carbons (Fsp3) is 0.444. The average molecular weight is 318 g/mol. The van der Waals surface area contributed by atoms with Crippen LogP contribution in [0.5, 0.6) is 0 Å². The molecule has 0 aromatic heterocycles. The van der Waals surface area contributed by atoms with Gasteiger partial charge in [0.25, 0.3) is 0 Å². The van der Waals surface area contributed by atoms with Crippen molar-refractivity contribution in [2.24, 2.45) is 5.92 Å². The Morgan fingerprint density at radius 2 is 1.78 bits per heavy atom. The van der Waals surface area contributed by atoms with Crippen LogP contribution in [0.2, 0.25) is 0 Å². The smallest absolute Gasteiger partial charge is 0.338 e. The summed E-state index contributed by atoms with van der Waals surface area (Å²) in [6.45, 7) is 5.97. The predicted molar refractivity (Wildman–Crippen MR) is 84.6 cm³/mol. The van der Waals surface area contributed by atoms with Gasteiger partial charge in [-0.1, -0.05) is 30.3 Å². The third kappa shape index (κ3) is 3.73. The maximum atomic E-state index is 12.4. The minimum atomic E-state index is -0.569. The third-order valence-electron chi connectivity index (χ3n) is 3.82. The molecule has 0 amide bonds. The van der Waals surface area contributed by atoms with E-state index in [1.54, 1.807) is 20.8 Å². The highest BCUT2D eigenvalue weighted by Gasteiger charge is 2.41. The van der Waals surface area contributed by atoms with Gasteiger partial charge in [0.2, 0.25) is 0 Å². The van der Waals surface area contributed by atoms with Crippen molar-refractivity contribution < 1.29 is 23.8 Å². The molecule has 0 fully saturated rings. The second kappa shape index (κ2) is 7.81. The van der Waals surface area contributed by atoms with Gasteiger partial charge in [0.1, 0.15) is 18.3 Å². The Bertz CT molecular complexity index is 591. The zero-order chi connectivity index (χ0) is 16.8. The Morgan fingerprint density at radius 1 is 1.13 bits per heavy atom. The van der Waals surface area contributed by atoms with E-state index in [9.17, 15) is 9.59 Å². The summed E-state index contributed by atoms with van der Waals surface area (Å²) >= 11 is 0. The molecule has 1 aliphatic rings. The molecule has 2 atom stereocenters. The van der Waals surface area contributed by atoms with Crippen LogP contribution in [0.3, 0.4) is 0 Å². The number of hydrogen-bond donors (Lipinski definition) is 0. The van der Waals surface area contributed by atoms with Crippen LogP contribution in [-0.2, 0) is 23.8 Å². The van der Waals surface area contributed by atoms with Crippen LogP contribution in [0.1, 0.15) is 32.3 Å². The van der Waals surface area contributed by atoms with Gasteiger partial charge < -0.3 is 14.2 Å². The van der Waals surface area contributed by atoms with E-state index in [2.05, 4.69) is 0 Å². The SMILES string of the molecule is CCOC(=O)C1=C(C)OC[C@H](C(=O)OCC)[C@H]1c1ccccc1. The fourth-order valence-corrected chi connectivity index (χ4v) is 2.80. The van der Waals surface area contributed by atoms with Crippen molar-refractivity contribution in [3.63, 3.8) is 0 Å². The molecule has 0 aliphatic carbocycles. The Morgan fingerprint density at radius 3 is 2.39 bits per heavy atom. The number of carbonyl (C=O) groups is 2. The second-order valence-electron chi connectivity index (χ2n) is 5.25. The van der Waals surface area contributed by atoms with Crippen molar-refractivity contribution >= 4 is 11.9 Å². The molecule has 0 spiro atoms. The number of esters is 2. The highest BCUT2D eigenvalue weighted by atomic mass is 16.5. The first-order chi connectivity index (χ1) is 11.1. The molecule has 23 heavy (non-hydrogen) atoms. The van der Waals surface area contributed by atoms with Gasteiger partial charge in [-0.05, 0) is 26.3 Å². The van der Waals surface area contributed by atoms with Crippen molar-refractivity contribution in [2.45, 2.75) is 26.7 Å². The van der Waals surface area contributed by atoms with E-state index < -0.39 is 17.8 Å². The van der Waals surface area contributed by atoms with Crippen LogP contribution in [-0.4, -0.2) is 31.8 Å². The summed E-state index contributed by atoms with van der Waals surface area (Å²) in [6.07, 6.45) is 0. The molecule has 1 aliphatic heterocycles. The van der Waals surface area contributed by atoms with Crippen LogP contribution < -0.4 is 0 Å². The summed E-state index contributed by atoms with van der Waals surface area (Å²) in [5, 5.41) is 0. The van der Waals surface area contributed by atoms with E-state index >= 15 is 0 Å². The van der Waals surface area contributed by atoms with E-state index in [1.807, 2.05) is 30.3 Å². The summed E-state index contributed by atoms with van der Waals surface area (Å²) < 4.78 is 15.9. The van der Waals surface area contributed by atoms with Gasteiger partial charge in [-0.2, -0.15) is 0 Å². The predicted octanol–water partition coefficient (Wildman–Crippen LogP) is 2.82. The molecule has 0 N–H and O–H groups in total. The van der Waals surface area contributed by atoms with E-state index in [1.165, 1.54) is 0 Å². The van der Waals surface area contributed by atoms with Crippen molar-refractivity contribution in [1.29, 1.82) is 0 Å². The lowest BCUT2D eigenvalue weighted by molar-refractivity contribution is -0.151. The molecule has 0 radical (unpaired) electrons. The topological polar surface area (TPSA) is 61.8 Å². The first-order valence-corrected chi connectivity index (χ1v) is 7.82. The van der Waals surface area contributed by atoms with Gasteiger partial charge in [0, 0.05) is 5.92 Å². The molecule has 0 unspecified atom stereocenters. The van der Waals surface area contributed by atoms with Gasteiger partial charge in [-0.3, -0.25) is 4.79 Å². The second-order valence-corrected chi connectivity index (χ2v) is 5.25. The van der Waals surface area contributed by atoms with Crippen LogP contribution in [0.4, 0.5) is 0 Å². The molecule has 1 aromatic carbocycles. The van der Waals surface area contributed by atoms with Gasteiger partial charge in [0.05, 0.1) is 18.8 Å². The van der Waals surface area contributed by atoms with Gasteiger partial charge in [0.15, 0.2) is 0 Å². The number of carbonyl (C=O) groups excluding carboxylic acids is 2. The normalized spacial score (nSPS) is 20.7. The standard InChI is InChI=1S/C18H22O5/c1-4-21-17(19)14-11-23-12(3)15(18(20)22-5-2)16(14)13-9-7-6-8-10-13/h6-10,14,16H,4-5,11H2,1-3H3/t14-,16+/m0/s1. The Kier molecular flexibility index (Phi) is 5.79. The van der Waals surface area contributed by atoms with Crippen molar-refractivity contribution in [3.8, 4) is 0 Å². The van der Waals surface area contributed by atoms with Gasteiger partial charge >= 0.3 is 11.9 Å². The summed E-state index contributed by atoms with van der Waals surface area (Å²) in [7, 11) is 0. The zero-order valence-corrected chi connectivity index (χ0v) is 13.7. The molecule has 2 rings (SSSR count). The number of benzene rings is 1. The molecular formula is C18H22O5. The first kappa shape index (κ1) is 17.1. The lowest BCUT2D eigenvalue weighted by Gasteiger charge is -2.32. The summed E-state index contributed by atoms with van der Waals surface area (Å²) in [5.74, 6) is -1.31. The average Bonchev–Trinajstić information content (AvgIpc) is 2.55. The van der Waals surface area contributed by atoms with Crippen molar-refractivity contribution in [2.75, 3.05) is 19.8 Å². The number of ether oxygens (including phenoxy) is 3. The molecule has 1 aromatic rings. The van der Waals surface area contributed by atoms with Crippen molar-refractivity contribution in [3.05, 3.63) is 47.2 Å². The Hall–Kier alpha value is -2.30. The number of allylic oxidation sites excluding steroid dienone is 1. The molecule has 0 saturated heterocycles. The largest absolute Gasteiger partial charge is 0.497 e. The third-order valence-corrected chi connectivity index (χ3v) is 3.82. The quantitative estimate of drug-likeness (QED) is 0.781.